The number of carbonyl (C=O) groups excluding carboxylic acids is 1. The Bertz CT molecular complexity index is 225. The molecule has 4 heteroatoms. The summed E-state index contributed by atoms with van der Waals surface area (Å²) in [6.45, 7) is 2.18. The lowest BCUT2D eigenvalue weighted by atomic mass is 9.90. The Morgan fingerprint density at radius 1 is 1.25 bits per heavy atom. The lowest BCUT2D eigenvalue weighted by Crippen LogP contribution is -2.42. The molecule has 94 valence electrons. The number of halogens is 1. The number of amides is 1. The van der Waals surface area contributed by atoms with E-state index in [1.165, 1.54) is 32.1 Å². The molecule has 2 rings (SSSR count). The van der Waals surface area contributed by atoms with Crippen molar-refractivity contribution >= 4 is 18.3 Å². The van der Waals surface area contributed by atoms with Gasteiger partial charge in [0.2, 0.25) is 5.91 Å². The van der Waals surface area contributed by atoms with E-state index in [0.717, 1.165) is 19.5 Å². The average Bonchev–Trinajstić information content (AvgIpc) is 2.16. The van der Waals surface area contributed by atoms with Crippen LogP contribution in [0.1, 0.15) is 38.5 Å². The van der Waals surface area contributed by atoms with Gasteiger partial charge in [-0.15, -0.1) is 12.4 Å². The number of rotatable bonds is 3. The minimum atomic E-state index is 0. The van der Waals surface area contributed by atoms with Crippen molar-refractivity contribution in [1.29, 1.82) is 0 Å². The Morgan fingerprint density at radius 2 is 1.88 bits per heavy atom. The molecule has 0 radical (unpaired) electrons. The van der Waals surface area contributed by atoms with E-state index >= 15 is 0 Å². The standard InChI is InChI=1S/C12H22N2O.ClH/c1-14(11-3-2-4-11)12(15)9-10-5-7-13-8-6-10;/h10-11,13H,2-9H2,1H3;1H. The molecule has 2 aliphatic rings. The molecule has 16 heavy (non-hydrogen) atoms. The summed E-state index contributed by atoms with van der Waals surface area (Å²) in [7, 11) is 1.98. The Labute approximate surface area is 104 Å². The van der Waals surface area contributed by atoms with Crippen molar-refractivity contribution in [2.45, 2.75) is 44.6 Å². The van der Waals surface area contributed by atoms with Gasteiger partial charge in [-0.2, -0.15) is 0 Å². The molecule has 0 unspecified atom stereocenters. The van der Waals surface area contributed by atoms with E-state index in [4.69, 9.17) is 0 Å². The summed E-state index contributed by atoms with van der Waals surface area (Å²) in [5, 5.41) is 3.34. The summed E-state index contributed by atoms with van der Waals surface area (Å²) in [6.07, 6.45) is 6.85. The number of nitrogens with one attached hydrogen (secondary N) is 1. The van der Waals surface area contributed by atoms with Gasteiger partial charge in [-0.25, -0.2) is 0 Å². The predicted molar refractivity (Wildman–Crippen MR) is 67.9 cm³/mol. The van der Waals surface area contributed by atoms with Gasteiger partial charge in [0.1, 0.15) is 0 Å². The van der Waals surface area contributed by atoms with Crippen LogP contribution in [-0.4, -0.2) is 37.0 Å². The highest BCUT2D eigenvalue weighted by Crippen LogP contribution is 2.25. The Hall–Kier alpha value is -0.280. The Kier molecular flexibility index (Phi) is 5.56. The van der Waals surface area contributed by atoms with Gasteiger partial charge < -0.3 is 10.2 Å². The fraction of sp³-hybridized carbons (Fsp3) is 0.917. The molecule has 0 aromatic carbocycles. The summed E-state index contributed by atoms with van der Waals surface area (Å²) < 4.78 is 0. The quantitative estimate of drug-likeness (QED) is 0.824. The van der Waals surface area contributed by atoms with E-state index in [0.29, 0.717) is 17.9 Å². The largest absolute Gasteiger partial charge is 0.343 e. The maximum atomic E-state index is 12.0. The maximum Gasteiger partial charge on any atom is 0.222 e. The molecule has 1 N–H and O–H groups in total. The summed E-state index contributed by atoms with van der Waals surface area (Å²) in [5.74, 6) is 0.993. The summed E-state index contributed by atoms with van der Waals surface area (Å²) >= 11 is 0. The van der Waals surface area contributed by atoms with Crippen LogP contribution >= 0.6 is 12.4 Å². The monoisotopic (exact) mass is 246 g/mol. The highest BCUT2D eigenvalue weighted by atomic mass is 35.5. The second-order valence-corrected chi connectivity index (χ2v) is 4.99. The van der Waals surface area contributed by atoms with Crippen LogP contribution in [0.25, 0.3) is 0 Å². The van der Waals surface area contributed by atoms with Crippen LogP contribution < -0.4 is 5.32 Å². The van der Waals surface area contributed by atoms with E-state index in [2.05, 4.69) is 5.32 Å². The number of hydrogen-bond acceptors (Lipinski definition) is 2. The van der Waals surface area contributed by atoms with Crippen molar-refractivity contribution in [3.63, 3.8) is 0 Å². The van der Waals surface area contributed by atoms with E-state index in [1.807, 2.05) is 11.9 Å². The Balaban J connectivity index is 0.00000128. The molecular weight excluding hydrogens is 224 g/mol. The topological polar surface area (TPSA) is 32.3 Å². The zero-order chi connectivity index (χ0) is 10.7. The minimum absolute atomic E-state index is 0. The third kappa shape index (κ3) is 3.36. The molecule has 1 heterocycles. The summed E-state index contributed by atoms with van der Waals surface area (Å²) in [5.41, 5.74) is 0. The smallest absolute Gasteiger partial charge is 0.222 e. The fourth-order valence-electron chi connectivity index (χ4n) is 2.45. The highest BCUT2D eigenvalue weighted by Gasteiger charge is 2.27. The second kappa shape index (κ2) is 6.45. The van der Waals surface area contributed by atoms with Crippen molar-refractivity contribution in [3.8, 4) is 0 Å². The summed E-state index contributed by atoms with van der Waals surface area (Å²) in [6, 6.07) is 0.555. The van der Waals surface area contributed by atoms with Gasteiger partial charge >= 0.3 is 0 Å². The fourth-order valence-corrected chi connectivity index (χ4v) is 2.45. The molecule has 3 nitrogen and oxygen atoms in total. The first-order chi connectivity index (χ1) is 7.27. The van der Waals surface area contributed by atoms with Crippen LogP contribution in [0, 0.1) is 5.92 Å². The molecule has 0 spiro atoms. The first kappa shape index (κ1) is 13.8. The third-order valence-corrected chi connectivity index (χ3v) is 3.94. The van der Waals surface area contributed by atoms with Gasteiger partial charge in [0.25, 0.3) is 0 Å². The predicted octanol–water partition coefficient (Wildman–Crippen LogP) is 1.81. The van der Waals surface area contributed by atoms with Crippen LogP contribution in [0.15, 0.2) is 0 Å². The molecule has 1 aliphatic heterocycles. The van der Waals surface area contributed by atoms with Crippen LogP contribution in [0.4, 0.5) is 0 Å². The van der Waals surface area contributed by atoms with E-state index < -0.39 is 0 Å². The van der Waals surface area contributed by atoms with Crippen molar-refractivity contribution in [1.82, 2.24) is 10.2 Å². The van der Waals surface area contributed by atoms with Gasteiger partial charge in [-0.1, -0.05) is 0 Å². The zero-order valence-electron chi connectivity index (χ0n) is 10.1. The van der Waals surface area contributed by atoms with Gasteiger partial charge in [0, 0.05) is 19.5 Å². The van der Waals surface area contributed by atoms with Crippen LogP contribution in [-0.2, 0) is 4.79 Å². The zero-order valence-corrected chi connectivity index (χ0v) is 10.9. The van der Waals surface area contributed by atoms with Gasteiger partial charge in [-0.05, 0) is 51.1 Å². The van der Waals surface area contributed by atoms with Gasteiger partial charge in [-0.3, -0.25) is 4.79 Å². The van der Waals surface area contributed by atoms with Gasteiger partial charge in [0.05, 0.1) is 0 Å². The molecule has 0 atom stereocenters. The van der Waals surface area contributed by atoms with E-state index in [1.54, 1.807) is 0 Å². The van der Waals surface area contributed by atoms with E-state index in [-0.39, 0.29) is 12.4 Å². The van der Waals surface area contributed by atoms with Crippen molar-refractivity contribution in [3.05, 3.63) is 0 Å². The molecule has 1 saturated carbocycles. The molecule has 1 aliphatic carbocycles. The number of carbonyl (C=O) groups is 1. The average molecular weight is 247 g/mol. The molecule has 0 aromatic heterocycles. The number of hydrogen-bond donors (Lipinski definition) is 1. The lowest BCUT2D eigenvalue weighted by molar-refractivity contribution is -0.134. The summed E-state index contributed by atoms with van der Waals surface area (Å²) in [4.78, 5) is 13.9. The molecule has 0 bridgehead atoms. The normalized spacial score (nSPS) is 22.1. The lowest BCUT2D eigenvalue weighted by Gasteiger charge is -2.36. The Morgan fingerprint density at radius 3 is 2.38 bits per heavy atom. The van der Waals surface area contributed by atoms with E-state index in [9.17, 15) is 4.79 Å². The molecule has 1 amide bonds. The molecule has 0 aromatic rings. The highest BCUT2D eigenvalue weighted by molar-refractivity contribution is 5.85. The third-order valence-electron chi connectivity index (χ3n) is 3.94. The van der Waals surface area contributed by atoms with Crippen LogP contribution in [0.3, 0.4) is 0 Å². The second-order valence-electron chi connectivity index (χ2n) is 4.99. The molecular formula is C12H23ClN2O. The molecule has 2 fully saturated rings. The van der Waals surface area contributed by atoms with Crippen molar-refractivity contribution < 1.29 is 4.79 Å². The number of piperidine rings is 1. The SMILES string of the molecule is CN(C(=O)CC1CCNCC1)C1CCC1.Cl. The minimum Gasteiger partial charge on any atom is -0.343 e. The maximum absolute atomic E-state index is 12.0. The van der Waals surface area contributed by atoms with Crippen molar-refractivity contribution in [2.24, 2.45) is 5.92 Å². The van der Waals surface area contributed by atoms with Crippen LogP contribution in [0.2, 0.25) is 0 Å². The first-order valence-electron chi connectivity index (χ1n) is 6.24. The van der Waals surface area contributed by atoms with Crippen LogP contribution in [0.5, 0.6) is 0 Å². The first-order valence-corrected chi connectivity index (χ1v) is 6.24. The van der Waals surface area contributed by atoms with Gasteiger partial charge in [0.15, 0.2) is 0 Å². The molecule has 1 saturated heterocycles. The number of nitrogens with zero attached hydrogens (tertiary/aromatic N) is 1. The van der Waals surface area contributed by atoms with Crippen molar-refractivity contribution in [2.75, 3.05) is 20.1 Å².